The van der Waals surface area contributed by atoms with Crippen LogP contribution in [0.5, 0.6) is 0 Å². The average molecular weight is 279 g/mol. The predicted octanol–water partition coefficient (Wildman–Crippen LogP) is 0.782. The van der Waals surface area contributed by atoms with E-state index in [1.54, 1.807) is 0 Å². The van der Waals surface area contributed by atoms with Crippen molar-refractivity contribution in [2.75, 3.05) is 13.1 Å². The fraction of sp³-hybridized carbons (Fsp3) is 0.714. The fourth-order valence-electron chi connectivity index (χ4n) is 3.35. The maximum absolute atomic E-state index is 12.0. The third-order valence-corrected chi connectivity index (χ3v) is 4.40. The number of oxazole rings is 1. The molecule has 1 aliphatic heterocycles. The topological polar surface area (TPSA) is 78.6 Å². The van der Waals surface area contributed by atoms with Crippen molar-refractivity contribution in [3.8, 4) is 0 Å². The number of likely N-dealkylation sites (tertiary alicyclic amines) is 1. The Bertz CT molecular complexity index is 443. The standard InChI is InChI=1S/C14H21N3O3/c18-13-10(16-14(19)12-8-15-9-20-12)4-3-5-11(13)17-6-1-2-7-17/h8-11,13,18H,1-7H2,(H,16,19)/t10-,11-,13-/m1/s1. The number of hydrogen-bond donors (Lipinski definition) is 2. The molecule has 0 unspecified atom stereocenters. The van der Waals surface area contributed by atoms with Crippen LogP contribution in [0.2, 0.25) is 0 Å². The lowest BCUT2D eigenvalue weighted by atomic mass is 9.87. The molecule has 0 radical (unpaired) electrons. The molecule has 0 aromatic carbocycles. The van der Waals surface area contributed by atoms with E-state index < -0.39 is 6.10 Å². The summed E-state index contributed by atoms with van der Waals surface area (Å²) in [4.78, 5) is 18.1. The van der Waals surface area contributed by atoms with Gasteiger partial charge in [0.2, 0.25) is 5.76 Å². The highest BCUT2D eigenvalue weighted by Gasteiger charge is 2.37. The fourth-order valence-corrected chi connectivity index (χ4v) is 3.35. The first-order valence-corrected chi connectivity index (χ1v) is 7.37. The van der Waals surface area contributed by atoms with E-state index in [4.69, 9.17) is 4.42 Å². The first-order chi connectivity index (χ1) is 9.75. The minimum Gasteiger partial charge on any atom is -0.438 e. The Labute approximate surface area is 118 Å². The Balaban J connectivity index is 1.62. The monoisotopic (exact) mass is 279 g/mol. The van der Waals surface area contributed by atoms with Crippen molar-refractivity contribution >= 4 is 5.91 Å². The van der Waals surface area contributed by atoms with Gasteiger partial charge < -0.3 is 14.8 Å². The highest BCUT2D eigenvalue weighted by atomic mass is 16.3. The van der Waals surface area contributed by atoms with Crippen LogP contribution in [-0.4, -0.2) is 52.2 Å². The predicted molar refractivity (Wildman–Crippen MR) is 72.2 cm³/mol. The van der Waals surface area contributed by atoms with Crippen molar-refractivity contribution in [3.63, 3.8) is 0 Å². The third kappa shape index (κ3) is 2.71. The Morgan fingerprint density at radius 3 is 2.85 bits per heavy atom. The highest BCUT2D eigenvalue weighted by molar-refractivity contribution is 5.91. The molecule has 2 aliphatic rings. The van der Waals surface area contributed by atoms with Gasteiger partial charge in [0.05, 0.1) is 18.3 Å². The van der Waals surface area contributed by atoms with Crippen LogP contribution in [0.3, 0.4) is 0 Å². The van der Waals surface area contributed by atoms with Crippen LogP contribution >= 0.6 is 0 Å². The van der Waals surface area contributed by atoms with E-state index in [2.05, 4.69) is 15.2 Å². The van der Waals surface area contributed by atoms with Crippen molar-refractivity contribution in [1.82, 2.24) is 15.2 Å². The molecule has 1 amide bonds. The van der Waals surface area contributed by atoms with E-state index in [0.29, 0.717) is 0 Å². The van der Waals surface area contributed by atoms with Gasteiger partial charge in [-0.25, -0.2) is 4.98 Å². The number of nitrogens with zero attached hydrogens (tertiary/aromatic N) is 2. The summed E-state index contributed by atoms with van der Waals surface area (Å²) in [5, 5.41) is 13.4. The summed E-state index contributed by atoms with van der Waals surface area (Å²) in [6, 6.07) is -0.0294. The number of nitrogens with one attached hydrogen (secondary N) is 1. The van der Waals surface area contributed by atoms with Crippen LogP contribution in [-0.2, 0) is 0 Å². The van der Waals surface area contributed by atoms with E-state index in [1.807, 2.05) is 0 Å². The highest BCUT2D eigenvalue weighted by Crippen LogP contribution is 2.26. The van der Waals surface area contributed by atoms with Crippen LogP contribution in [0.1, 0.15) is 42.7 Å². The lowest BCUT2D eigenvalue weighted by Crippen LogP contribution is -2.56. The molecule has 0 bridgehead atoms. The van der Waals surface area contributed by atoms with Gasteiger partial charge in [-0.2, -0.15) is 0 Å². The van der Waals surface area contributed by atoms with E-state index >= 15 is 0 Å². The maximum atomic E-state index is 12.0. The number of aromatic nitrogens is 1. The van der Waals surface area contributed by atoms with Gasteiger partial charge in [-0.05, 0) is 45.2 Å². The molecule has 110 valence electrons. The molecule has 2 fully saturated rings. The van der Waals surface area contributed by atoms with Crippen LogP contribution in [0, 0.1) is 0 Å². The SMILES string of the molecule is O=C(N[C@@H]1CCC[C@@H](N2CCCC2)[C@@H]1O)c1cnco1. The van der Waals surface area contributed by atoms with Gasteiger partial charge in [-0.3, -0.25) is 9.69 Å². The van der Waals surface area contributed by atoms with Crippen molar-refractivity contribution in [3.05, 3.63) is 18.4 Å². The smallest absolute Gasteiger partial charge is 0.289 e. The molecule has 1 aliphatic carbocycles. The van der Waals surface area contributed by atoms with Crippen molar-refractivity contribution in [2.24, 2.45) is 0 Å². The van der Waals surface area contributed by atoms with E-state index in [9.17, 15) is 9.90 Å². The van der Waals surface area contributed by atoms with E-state index in [1.165, 1.54) is 25.4 Å². The molecular formula is C14H21N3O3. The zero-order valence-corrected chi connectivity index (χ0v) is 11.5. The molecular weight excluding hydrogens is 258 g/mol. The van der Waals surface area contributed by atoms with Gasteiger partial charge in [0.25, 0.3) is 5.91 Å². The minimum atomic E-state index is -0.506. The Morgan fingerprint density at radius 2 is 2.15 bits per heavy atom. The number of carbonyl (C=O) groups excluding carboxylic acids is 1. The number of amides is 1. The van der Waals surface area contributed by atoms with Gasteiger partial charge in [-0.1, -0.05) is 0 Å². The number of aliphatic hydroxyl groups excluding tert-OH is 1. The lowest BCUT2D eigenvalue weighted by Gasteiger charge is -2.39. The zero-order chi connectivity index (χ0) is 13.9. The molecule has 6 nitrogen and oxygen atoms in total. The molecule has 1 aromatic rings. The molecule has 3 atom stereocenters. The average Bonchev–Trinajstić information content (AvgIpc) is 3.14. The first kappa shape index (κ1) is 13.6. The van der Waals surface area contributed by atoms with Crippen LogP contribution < -0.4 is 5.32 Å². The van der Waals surface area contributed by atoms with E-state index in [0.717, 1.165) is 32.4 Å². The zero-order valence-electron chi connectivity index (χ0n) is 11.5. The number of hydrogen-bond acceptors (Lipinski definition) is 5. The second-order valence-electron chi connectivity index (χ2n) is 5.68. The first-order valence-electron chi connectivity index (χ1n) is 7.37. The molecule has 2 N–H and O–H groups in total. The summed E-state index contributed by atoms with van der Waals surface area (Å²) in [6.07, 6.45) is 7.38. The third-order valence-electron chi connectivity index (χ3n) is 4.40. The van der Waals surface area contributed by atoms with Crippen LogP contribution in [0.25, 0.3) is 0 Å². The molecule has 1 saturated carbocycles. The van der Waals surface area contributed by atoms with Crippen molar-refractivity contribution in [2.45, 2.75) is 50.3 Å². The normalized spacial score (nSPS) is 31.4. The van der Waals surface area contributed by atoms with Crippen LogP contribution in [0.15, 0.2) is 17.0 Å². The maximum Gasteiger partial charge on any atom is 0.289 e. The van der Waals surface area contributed by atoms with Gasteiger partial charge in [-0.15, -0.1) is 0 Å². The lowest BCUT2D eigenvalue weighted by molar-refractivity contribution is 0.00671. The van der Waals surface area contributed by atoms with Gasteiger partial charge in [0.1, 0.15) is 0 Å². The molecule has 0 spiro atoms. The summed E-state index contributed by atoms with van der Waals surface area (Å²) in [6.45, 7) is 2.12. The summed E-state index contributed by atoms with van der Waals surface area (Å²) in [5.41, 5.74) is 0. The molecule has 1 aromatic heterocycles. The molecule has 20 heavy (non-hydrogen) atoms. The van der Waals surface area contributed by atoms with Gasteiger partial charge >= 0.3 is 0 Å². The molecule has 1 saturated heterocycles. The Morgan fingerprint density at radius 1 is 1.35 bits per heavy atom. The van der Waals surface area contributed by atoms with Crippen molar-refractivity contribution < 1.29 is 14.3 Å². The quantitative estimate of drug-likeness (QED) is 0.855. The summed E-state index contributed by atoms with van der Waals surface area (Å²) >= 11 is 0. The summed E-state index contributed by atoms with van der Waals surface area (Å²) in [7, 11) is 0. The Kier molecular flexibility index (Phi) is 4.03. The van der Waals surface area contributed by atoms with E-state index in [-0.39, 0.29) is 23.8 Å². The summed E-state index contributed by atoms with van der Waals surface area (Å²) < 4.78 is 4.98. The van der Waals surface area contributed by atoms with Crippen molar-refractivity contribution in [1.29, 1.82) is 0 Å². The number of carbonyl (C=O) groups is 1. The largest absolute Gasteiger partial charge is 0.438 e. The van der Waals surface area contributed by atoms with Crippen LogP contribution in [0.4, 0.5) is 0 Å². The number of aliphatic hydroxyl groups is 1. The van der Waals surface area contributed by atoms with Gasteiger partial charge in [0, 0.05) is 6.04 Å². The minimum absolute atomic E-state index is 0.172. The molecule has 6 heteroatoms. The second kappa shape index (κ2) is 5.93. The molecule has 2 heterocycles. The van der Waals surface area contributed by atoms with Gasteiger partial charge in [0.15, 0.2) is 6.39 Å². The summed E-state index contributed by atoms with van der Waals surface area (Å²) in [5.74, 6) is -0.103. The second-order valence-corrected chi connectivity index (χ2v) is 5.68. The Hall–Kier alpha value is -1.40. The molecule has 3 rings (SSSR count). The number of rotatable bonds is 3.